The van der Waals surface area contributed by atoms with E-state index in [2.05, 4.69) is 0 Å². The van der Waals surface area contributed by atoms with Gasteiger partial charge in [-0.2, -0.15) is 0 Å². The van der Waals surface area contributed by atoms with Gasteiger partial charge in [0, 0.05) is 5.56 Å². The normalized spacial score (nSPS) is 10.2. The van der Waals surface area contributed by atoms with Gasteiger partial charge in [-0.05, 0) is 36.1 Å². The number of aryl methyl sites for hydroxylation is 2. The van der Waals surface area contributed by atoms with Crippen LogP contribution in [0.3, 0.4) is 0 Å². The Hall–Kier alpha value is -2.09. The number of carboxylic acids is 1. The molecular formula is C15H13O2-. The fourth-order valence-electron chi connectivity index (χ4n) is 1.96. The van der Waals surface area contributed by atoms with Crippen LogP contribution in [0.1, 0.15) is 21.5 Å². The molecule has 17 heavy (non-hydrogen) atoms. The molecule has 0 bridgehead atoms. The largest absolute Gasteiger partial charge is 0.545 e. The summed E-state index contributed by atoms with van der Waals surface area (Å²) < 4.78 is 0. The Labute approximate surface area is 101 Å². The summed E-state index contributed by atoms with van der Waals surface area (Å²) in [6, 6.07) is 13.3. The van der Waals surface area contributed by atoms with Crippen LogP contribution in [0.2, 0.25) is 0 Å². The molecule has 0 amide bonds. The van der Waals surface area contributed by atoms with Crippen molar-refractivity contribution >= 4 is 5.97 Å². The molecule has 2 rings (SSSR count). The van der Waals surface area contributed by atoms with Crippen molar-refractivity contribution in [1.82, 2.24) is 0 Å². The maximum absolute atomic E-state index is 10.8. The first-order valence-corrected chi connectivity index (χ1v) is 5.47. The van der Waals surface area contributed by atoms with Crippen molar-refractivity contribution < 1.29 is 9.90 Å². The van der Waals surface area contributed by atoms with E-state index in [1.54, 1.807) is 13.0 Å². The van der Waals surface area contributed by atoms with Crippen molar-refractivity contribution in [1.29, 1.82) is 0 Å². The fraction of sp³-hybridized carbons (Fsp3) is 0.133. The third-order valence-corrected chi connectivity index (χ3v) is 2.90. The van der Waals surface area contributed by atoms with Crippen molar-refractivity contribution in [2.75, 3.05) is 0 Å². The first kappa shape index (κ1) is 11.4. The van der Waals surface area contributed by atoms with Crippen molar-refractivity contribution in [2.24, 2.45) is 0 Å². The second-order valence-electron chi connectivity index (χ2n) is 4.13. The highest BCUT2D eigenvalue weighted by molar-refractivity contribution is 5.88. The molecule has 0 aliphatic carbocycles. The average molecular weight is 225 g/mol. The number of hydrogen-bond acceptors (Lipinski definition) is 2. The van der Waals surface area contributed by atoms with Crippen molar-refractivity contribution in [3.05, 3.63) is 59.2 Å². The van der Waals surface area contributed by atoms with Gasteiger partial charge in [-0.25, -0.2) is 0 Å². The maximum Gasteiger partial charge on any atom is 0.0717 e. The second kappa shape index (κ2) is 4.42. The third-order valence-electron chi connectivity index (χ3n) is 2.90. The predicted molar refractivity (Wildman–Crippen MR) is 65.7 cm³/mol. The Morgan fingerprint density at radius 2 is 1.71 bits per heavy atom. The van der Waals surface area contributed by atoms with E-state index in [1.807, 2.05) is 43.3 Å². The van der Waals surface area contributed by atoms with Gasteiger partial charge >= 0.3 is 0 Å². The standard InChI is InChI=1S/C15H14O2/c1-10-5-3-4-6-13(10)12-7-8-14(15(16)17)11(2)9-12/h3-9H,1-2H3,(H,16,17)/p-1. The fourth-order valence-corrected chi connectivity index (χ4v) is 1.96. The lowest BCUT2D eigenvalue weighted by Gasteiger charge is -2.11. The zero-order valence-corrected chi connectivity index (χ0v) is 9.86. The van der Waals surface area contributed by atoms with Crippen LogP contribution in [-0.2, 0) is 0 Å². The summed E-state index contributed by atoms with van der Waals surface area (Å²) in [6.45, 7) is 3.82. The number of carbonyl (C=O) groups is 1. The van der Waals surface area contributed by atoms with E-state index in [0.717, 1.165) is 16.7 Å². The van der Waals surface area contributed by atoms with Gasteiger partial charge < -0.3 is 9.90 Å². The Balaban J connectivity index is 2.52. The minimum Gasteiger partial charge on any atom is -0.545 e. The van der Waals surface area contributed by atoms with Crippen molar-refractivity contribution in [3.63, 3.8) is 0 Å². The quantitative estimate of drug-likeness (QED) is 0.787. The van der Waals surface area contributed by atoms with Crippen LogP contribution in [0, 0.1) is 13.8 Å². The van der Waals surface area contributed by atoms with Crippen molar-refractivity contribution in [3.8, 4) is 11.1 Å². The Morgan fingerprint density at radius 1 is 1.00 bits per heavy atom. The molecule has 0 N–H and O–H groups in total. The number of hydrogen-bond donors (Lipinski definition) is 0. The average Bonchev–Trinajstić information content (AvgIpc) is 2.29. The number of carbonyl (C=O) groups excluding carboxylic acids is 1. The molecule has 0 saturated carbocycles. The van der Waals surface area contributed by atoms with Gasteiger partial charge in [0.1, 0.15) is 0 Å². The van der Waals surface area contributed by atoms with Crippen LogP contribution >= 0.6 is 0 Å². The summed E-state index contributed by atoms with van der Waals surface area (Å²) in [5.74, 6) is -1.13. The van der Waals surface area contributed by atoms with E-state index in [9.17, 15) is 9.90 Å². The maximum atomic E-state index is 10.8. The monoisotopic (exact) mass is 225 g/mol. The highest BCUT2D eigenvalue weighted by Crippen LogP contribution is 2.25. The Bertz CT molecular complexity index is 571. The molecule has 0 aliphatic rings. The molecule has 0 aromatic heterocycles. The summed E-state index contributed by atoms with van der Waals surface area (Å²) >= 11 is 0. The minimum atomic E-state index is -1.13. The Morgan fingerprint density at radius 3 is 2.29 bits per heavy atom. The van der Waals surface area contributed by atoms with Crippen LogP contribution in [0.15, 0.2) is 42.5 Å². The van der Waals surface area contributed by atoms with Crippen LogP contribution in [0.4, 0.5) is 0 Å². The van der Waals surface area contributed by atoms with Gasteiger partial charge in [0.2, 0.25) is 0 Å². The zero-order chi connectivity index (χ0) is 12.4. The third kappa shape index (κ3) is 2.21. The predicted octanol–water partition coefficient (Wildman–Crippen LogP) is 2.33. The van der Waals surface area contributed by atoms with Gasteiger partial charge in [0.25, 0.3) is 0 Å². The molecule has 0 aliphatic heterocycles. The molecule has 0 heterocycles. The van der Waals surface area contributed by atoms with Crippen LogP contribution < -0.4 is 5.11 Å². The highest BCUT2D eigenvalue weighted by atomic mass is 16.4. The highest BCUT2D eigenvalue weighted by Gasteiger charge is 2.04. The van der Waals surface area contributed by atoms with Crippen molar-refractivity contribution in [2.45, 2.75) is 13.8 Å². The number of benzene rings is 2. The van der Waals surface area contributed by atoms with E-state index in [0.29, 0.717) is 0 Å². The summed E-state index contributed by atoms with van der Waals surface area (Å²) in [5.41, 5.74) is 4.31. The van der Waals surface area contributed by atoms with Crippen LogP contribution in [0.5, 0.6) is 0 Å². The van der Waals surface area contributed by atoms with Crippen LogP contribution in [0.25, 0.3) is 11.1 Å². The lowest BCUT2D eigenvalue weighted by atomic mass is 9.97. The lowest BCUT2D eigenvalue weighted by Crippen LogP contribution is -2.23. The molecule has 0 atom stereocenters. The number of aromatic carboxylic acids is 1. The van der Waals surface area contributed by atoms with E-state index in [-0.39, 0.29) is 5.56 Å². The Kier molecular flexibility index (Phi) is 2.96. The minimum absolute atomic E-state index is 0.252. The molecule has 0 radical (unpaired) electrons. The second-order valence-corrected chi connectivity index (χ2v) is 4.13. The summed E-state index contributed by atoms with van der Waals surface area (Å²) in [6.07, 6.45) is 0. The number of carboxylic acid groups (broad SMARTS) is 1. The zero-order valence-electron chi connectivity index (χ0n) is 9.86. The first-order chi connectivity index (χ1) is 8.09. The SMILES string of the molecule is Cc1cc(-c2ccccc2C)ccc1C(=O)[O-]. The van der Waals surface area contributed by atoms with E-state index >= 15 is 0 Å². The topological polar surface area (TPSA) is 40.1 Å². The van der Waals surface area contributed by atoms with E-state index in [1.165, 1.54) is 5.56 Å². The van der Waals surface area contributed by atoms with Gasteiger partial charge in [-0.1, -0.05) is 42.5 Å². The molecule has 0 unspecified atom stereocenters. The molecule has 0 spiro atoms. The van der Waals surface area contributed by atoms with Gasteiger partial charge in [-0.3, -0.25) is 0 Å². The summed E-state index contributed by atoms with van der Waals surface area (Å²) in [7, 11) is 0. The van der Waals surface area contributed by atoms with Gasteiger partial charge in [0.15, 0.2) is 0 Å². The summed E-state index contributed by atoms with van der Waals surface area (Å²) in [4.78, 5) is 10.8. The molecule has 86 valence electrons. The van der Waals surface area contributed by atoms with Gasteiger partial charge in [-0.15, -0.1) is 0 Å². The van der Waals surface area contributed by atoms with Crippen LogP contribution in [-0.4, -0.2) is 5.97 Å². The summed E-state index contributed by atoms with van der Waals surface area (Å²) in [5, 5.41) is 10.8. The molecular weight excluding hydrogens is 212 g/mol. The molecule has 2 heteroatoms. The lowest BCUT2D eigenvalue weighted by molar-refractivity contribution is -0.255. The molecule has 0 fully saturated rings. The van der Waals surface area contributed by atoms with E-state index < -0.39 is 5.97 Å². The molecule has 2 aromatic rings. The first-order valence-electron chi connectivity index (χ1n) is 5.47. The number of rotatable bonds is 2. The van der Waals surface area contributed by atoms with Gasteiger partial charge in [0.05, 0.1) is 5.97 Å². The molecule has 2 nitrogen and oxygen atoms in total. The van der Waals surface area contributed by atoms with E-state index in [4.69, 9.17) is 0 Å². The molecule has 0 saturated heterocycles. The smallest absolute Gasteiger partial charge is 0.0717 e. The molecule has 2 aromatic carbocycles.